The summed E-state index contributed by atoms with van der Waals surface area (Å²) in [7, 11) is -3.63. The Balaban J connectivity index is 2.39. The molecule has 5 heteroatoms. The maximum absolute atomic E-state index is 12.8. The Morgan fingerprint density at radius 2 is 1.59 bits per heavy atom. The van der Waals surface area contributed by atoms with Gasteiger partial charge in [0.05, 0.1) is 10.9 Å². The predicted molar refractivity (Wildman–Crippen MR) is 89.2 cm³/mol. The topological polar surface area (TPSA) is 72.2 Å². The summed E-state index contributed by atoms with van der Waals surface area (Å²) in [4.78, 5) is 0.340. The summed E-state index contributed by atoms with van der Waals surface area (Å²) in [5.41, 5.74) is 9.16. The van der Waals surface area contributed by atoms with E-state index in [4.69, 9.17) is 5.73 Å². The third-order valence-corrected chi connectivity index (χ3v) is 5.38. The standard InChI is InChI=1S/C17H22N2O2S/c1-12-9-13(2)17(14(3)10-12)22(20,21)19-16(11-18)15-7-5-4-6-8-15/h4-10,16,19H,11,18H2,1-3H3. The van der Waals surface area contributed by atoms with Crippen LogP contribution in [-0.4, -0.2) is 15.0 Å². The molecule has 0 aromatic heterocycles. The zero-order valence-corrected chi connectivity index (χ0v) is 13.9. The van der Waals surface area contributed by atoms with E-state index in [1.54, 1.807) is 0 Å². The van der Waals surface area contributed by atoms with E-state index < -0.39 is 16.1 Å². The van der Waals surface area contributed by atoms with Gasteiger partial charge in [-0.1, -0.05) is 48.0 Å². The lowest BCUT2D eigenvalue weighted by atomic mass is 10.1. The molecule has 22 heavy (non-hydrogen) atoms. The molecule has 1 atom stereocenters. The quantitative estimate of drug-likeness (QED) is 0.890. The predicted octanol–water partition coefficient (Wildman–Crippen LogP) is 2.59. The Morgan fingerprint density at radius 1 is 1.05 bits per heavy atom. The molecule has 0 saturated carbocycles. The molecular formula is C17H22N2O2S. The molecule has 0 aliphatic rings. The van der Waals surface area contributed by atoms with Crippen molar-refractivity contribution in [3.05, 3.63) is 64.7 Å². The van der Waals surface area contributed by atoms with Crippen molar-refractivity contribution in [1.29, 1.82) is 0 Å². The third-order valence-electron chi connectivity index (χ3n) is 3.61. The van der Waals surface area contributed by atoms with Crippen molar-refractivity contribution in [2.24, 2.45) is 5.73 Å². The summed E-state index contributed by atoms with van der Waals surface area (Å²) in [5, 5.41) is 0. The molecule has 118 valence electrons. The van der Waals surface area contributed by atoms with Gasteiger partial charge in [-0.3, -0.25) is 0 Å². The first-order valence-electron chi connectivity index (χ1n) is 7.20. The molecule has 2 aromatic rings. The second kappa shape index (κ2) is 6.60. The fourth-order valence-electron chi connectivity index (χ4n) is 2.77. The Kier molecular flexibility index (Phi) is 5.01. The van der Waals surface area contributed by atoms with Crippen LogP contribution in [0, 0.1) is 20.8 Å². The van der Waals surface area contributed by atoms with Crippen LogP contribution in [0.4, 0.5) is 0 Å². The summed E-state index contributed by atoms with van der Waals surface area (Å²) in [6, 6.07) is 12.7. The van der Waals surface area contributed by atoms with Gasteiger partial charge in [0.25, 0.3) is 0 Å². The molecule has 0 fully saturated rings. The Labute approximate surface area is 132 Å². The van der Waals surface area contributed by atoms with Crippen molar-refractivity contribution in [1.82, 2.24) is 4.72 Å². The van der Waals surface area contributed by atoms with Gasteiger partial charge in [-0.05, 0) is 37.5 Å². The molecule has 0 spiro atoms. The number of hydrogen-bond acceptors (Lipinski definition) is 3. The van der Waals surface area contributed by atoms with Crippen molar-refractivity contribution in [2.45, 2.75) is 31.7 Å². The molecule has 0 aliphatic carbocycles. The molecule has 2 rings (SSSR count). The third kappa shape index (κ3) is 3.55. The van der Waals surface area contributed by atoms with Gasteiger partial charge in [0.1, 0.15) is 0 Å². The monoisotopic (exact) mass is 318 g/mol. The van der Waals surface area contributed by atoms with Crippen molar-refractivity contribution in [2.75, 3.05) is 6.54 Å². The first-order chi connectivity index (χ1) is 10.3. The molecule has 3 N–H and O–H groups in total. The summed E-state index contributed by atoms with van der Waals surface area (Å²) >= 11 is 0. The highest BCUT2D eigenvalue weighted by Gasteiger charge is 2.24. The van der Waals surface area contributed by atoms with Crippen LogP contribution in [0.1, 0.15) is 28.3 Å². The SMILES string of the molecule is Cc1cc(C)c(S(=O)(=O)NC(CN)c2ccccc2)c(C)c1. The number of nitrogens with one attached hydrogen (secondary N) is 1. The van der Waals surface area contributed by atoms with Crippen LogP contribution in [0.3, 0.4) is 0 Å². The molecule has 1 unspecified atom stereocenters. The van der Waals surface area contributed by atoms with Gasteiger partial charge < -0.3 is 5.73 Å². The van der Waals surface area contributed by atoms with Gasteiger partial charge in [0.15, 0.2) is 0 Å². The van der Waals surface area contributed by atoms with Gasteiger partial charge in [-0.2, -0.15) is 0 Å². The fraction of sp³-hybridized carbons (Fsp3) is 0.294. The average molecular weight is 318 g/mol. The average Bonchev–Trinajstić information content (AvgIpc) is 2.44. The number of benzene rings is 2. The number of sulfonamides is 1. The molecule has 0 heterocycles. The smallest absolute Gasteiger partial charge is 0.241 e. The van der Waals surface area contributed by atoms with Crippen molar-refractivity contribution in [3.8, 4) is 0 Å². The molecular weight excluding hydrogens is 296 g/mol. The highest BCUT2D eigenvalue weighted by molar-refractivity contribution is 7.89. The molecule has 0 bridgehead atoms. The zero-order valence-electron chi connectivity index (χ0n) is 13.1. The molecule has 2 aromatic carbocycles. The van der Waals surface area contributed by atoms with Crippen LogP contribution in [0.5, 0.6) is 0 Å². The minimum absolute atomic E-state index is 0.202. The summed E-state index contributed by atoms with van der Waals surface area (Å²) < 4.78 is 28.2. The second-order valence-electron chi connectivity index (χ2n) is 5.55. The summed E-state index contributed by atoms with van der Waals surface area (Å²) in [5.74, 6) is 0. The lowest BCUT2D eigenvalue weighted by molar-refractivity contribution is 0.557. The minimum Gasteiger partial charge on any atom is -0.329 e. The lowest BCUT2D eigenvalue weighted by Crippen LogP contribution is -2.34. The molecule has 0 aliphatic heterocycles. The lowest BCUT2D eigenvalue weighted by Gasteiger charge is -2.19. The maximum Gasteiger partial charge on any atom is 0.241 e. The van der Waals surface area contributed by atoms with E-state index in [1.807, 2.05) is 63.2 Å². The normalized spacial score (nSPS) is 13.1. The van der Waals surface area contributed by atoms with Crippen LogP contribution in [0.2, 0.25) is 0 Å². The van der Waals surface area contributed by atoms with Crippen LogP contribution in [0.15, 0.2) is 47.4 Å². The van der Waals surface area contributed by atoms with E-state index in [0.717, 1.165) is 22.3 Å². The van der Waals surface area contributed by atoms with Crippen LogP contribution in [0.25, 0.3) is 0 Å². The van der Waals surface area contributed by atoms with E-state index >= 15 is 0 Å². The van der Waals surface area contributed by atoms with Gasteiger partial charge in [-0.15, -0.1) is 0 Å². The minimum atomic E-state index is -3.63. The number of hydrogen-bond donors (Lipinski definition) is 2. The maximum atomic E-state index is 12.8. The fourth-order valence-corrected chi connectivity index (χ4v) is 4.46. The molecule has 0 saturated heterocycles. The highest BCUT2D eigenvalue weighted by Crippen LogP contribution is 2.23. The van der Waals surface area contributed by atoms with Crippen LogP contribution in [-0.2, 0) is 10.0 Å². The first kappa shape index (κ1) is 16.7. The van der Waals surface area contributed by atoms with Crippen molar-refractivity contribution < 1.29 is 8.42 Å². The van der Waals surface area contributed by atoms with Gasteiger partial charge in [-0.25, -0.2) is 13.1 Å². The van der Waals surface area contributed by atoms with Crippen LogP contribution >= 0.6 is 0 Å². The largest absolute Gasteiger partial charge is 0.329 e. The van der Waals surface area contributed by atoms with E-state index in [1.165, 1.54) is 0 Å². The Bertz CT molecular complexity index is 732. The molecule has 0 radical (unpaired) electrons. The van der Waals surface area contributed by atoms with E-state index in [0.29, 0.717) is 4.90 Å². The van der Waals surface area contributed by atoms with Gasteiger partial charge >= 0.3 is 0 Å². The van der Waals surface area contributed by atoms with E-state index in [9.17, 15) is 8.42 Å². The first-order valence-corrected chi connectivity index (χ1v) is 8.68. The second-order valence-corrected chi connectivity index (χ2v) is 7.20. The number of aryl methyl sites for hydroxylation is 3. The van der Waals surface area contributed by atoms with Gasteiger partial charge in [0.2, 0.25) is 10.0 Å². The summed E-state index contributed by atoms with van der Waals surface area (Å²) in [6.07, 6.45) is 0. The zero-order chi connectivity index (χ0) is 16.3. The molecule has 4 nitrogen and oxygen atoms in total. The van der Waals surface area contributed by atoms with Crippen molar-refractivity contribution in [3.63, 3.8) is 0 Å². The Morgan fingerprint density at radius 3 is 2.09 bits per heavy atom. The Hall–Kier alpha value is -1.69. The summed E-state index contributed by atoms with van der Waals surface area (Å²) in [6.45, 7) is 5.78. The number of nitrogens with two attached hydrogens (primary N) is 1. The highest BCUT2D eigenvalue weighted by atomic mass is 32.2. The van der Waals surface area contributed by atoms with E-state index in [2.05, 4.69) is 4.72 Å². The van der Waals surface area contributed by atoms with Crippen LogP contribution < -0.4 is 10.5 Å². The number of rotatable bonds is 5. The van der Waals surface area contributed by atoms with E-state index in [-0.39, 0.29) is 6.54 Å². The van der Waals surface area contributed by atoms with Gasteiger partial charge in [0, 0.05) is 6.54 Å². The molecule has 0 amide bonds. The van der Waals surface area contributed by atoms with Crippen molar-refractivity contribution >= 4 is 10.0 Å².